The topological polar surface area (TPSA) is 17.1 Å². The number of rotatable bonds is 11. The van der Waals surface area contributed by atoms with Crippen molar-refractivity contribution in [1.82, 2.24) is 0 Å². The van der Waals surface area contributed by atoms with Gasteiger partial charge in [-0.05, 0) is 25.7 Å². The summed E-state index contributed by atoms with van der Waals surface area (Å²) >= 11 is 3.36. The van der Waals surface area contributed by atoms with Gasteiger partial charge in [-0.2, -0.15) is 13.2 Å². The van der Waals surface area contributed by atoms with Crippen LogP contribution in [0.3, 0.4) is 0 Å². The highest BCUT2D eigenvalue weighted by Gasteiger charge is 2.25. The van der Waals surface area contributed by atoms with Crippen LogP contribution in [-0.2, 0) is 4.79 Å². The molecule has 0 bridgehead atoms. The second kappa shape index (κ2) is 10.8. The minimum absolute atomic E-state index is 0.0699. The molecule has 0 aromatic carbocycles. The predicted octanol–water partition coefficient (Wildman–Crippen LogP) is 5.41. The van der Waals surface area contributed by atoms with Crippen molar-refractivity contribution in [2.75, 3.05) is 5.33 Å². The van der Waals surface area contributed by atoms with Crippen molar-refractivity contribution in [2.24, 2.45) is 0 Å². The van der Waals surface area contributed by atoms with Crippen LogP contribution >= 0.6 is 15.9 Å². The molecule has 0 aliphatic heterocycles. The Morgan fingerprint density at radius 2 is 1.33 bits per heavy atom. The molecule has 0 fully saturated rings. The van der Waals surface area contributed by atoms with Gasteiger partial charge in [0, 0.05) is 24.6 Å². The summed E-state index contributed by atoms with van der Waals surface area (Å²) in [5, 5.41) is 1.02. The van der Waals surface area contributed by atoms with Gasteiger partial charge >= 0.3 is 6.18 Å². The summed E-state index contributed by atoms with van der Waals surface area (Å²) < 4.78 is 35.5. The maximum atomic E-state index is 11.8. The number of hydrogen-bond donors (Lipinski definition) is 0. The van der Waals surface area contributed by atoms with Crippen LogP contribution in [0.2, 0.25) is 0 Å². The Bertz CT molecular complexity index is 217. The molecule has 0 heterocycles. The van der Waals surface area contributed by atoms with Gasteiger partial charge in [-0.3, -0.25) is 4.79 Å². The van der Waals surface area contributed by atoms with Crippen LogP contribution < -0.4 is 0 Å². The van der Waals surface area contributed by atoms with E-state index in [0.717, 1.165) is 31.0 Å². The average Bonchev–Trinajstić information content (AvgIpc) is 2.28. The first-order valence-electron chi connectivity index (χ1n) is 6.60. The zero-order valence-electron chi connectivity index (χ0n) is 10.7. The number of ketones is 1. The van der Waals surface area contributed by atoms with Crippen molar-refractivity contribution in [1.29, 1.82) is 0 Å². The van der Waals surface area contributed by atoms with E-state index in [0.29, 0.717) is 19.3 Å². The summed E-state index contributed by atoms with van der Waals surface area (Å²) in [6.45, 7) is 0. The monoisotopic (exact) mass is 330 g/mol. The fourth-order valence-electron chi connectivity index (χ4n) is 1.72. The molecular weight excluding hydrogens is 309 g/mol. The van der Waals surface area contributed by atoms with Crippen LogP contribution in [0.25, 0.3) is 0 Å². The Morgan fingerprint density at radius 1 is 0.833 bits per heavy atom. The van der Waals surface area contributed by atoms with Crippen molar-refractivity contribution in [3.63, 3.8) is 0 Å². The van der Waals surface area contributed by atoms with E-state index in [1.165, 1.54) is 6.42 Å². The molecule has 0 radical (unpaired) electrons. The third kappa shape index (κ3) is 14.0. The number of hydrogen-bond acceptors (Lipinski definition) is 1. The minimum atomic E-state index is -4.08. The van der Waals surface area contributed by atoms with Gasteiger partial charge in [0.15, 0.2) is 0 Å². The number of carbonyl (C=O) groups is 1. The molecule has 0 aromatic rings. The minimum Gasteiger partial charge on any atom is -0.300 e. The van der Waals surface area contributed by atoms with Gasteiger partial charge in [0.05, 0.1) is 0 Å². The largest absolute Gasteiger partial charge is 0.389 e. The molecule has 1 nitrogen and oxygen atoms in total. The lowest BCUT2D eigenvalue weighted by Gasteiger charge is -2.05. The standard InChI is InChI=1S/C13H22BrF3O/c14-11-7-3-1-2-4-8-12(18)9-5-6-10-13(15,16)17/h1-11H2. The molecule has 0 spiro atoms. The Morgan fingerprint density at radius 3 is 1.89 bits per heavy atom. The first-order chi connectivity index (χ1) is 8.45. The molecule has 0 amide bonds. The Labute approximate surface area is 116 Å². The molecule has 0 rings (SSSR count). The second-order valence-corrected chi connectivity index (χ2v) is 5.36. The van der Waals surface area contributed by atoms with Crippen molar-refractivity contribution < 1.29 is 18.0 Å². The van der Waals surface area contributed by atoms with Gasteiger partial charge in [0.25, 0.3) is 0 Å². The van der Waals surface area contributed by atoms with Gasteiger partial charge in [0.1, 0.15) is 5.78 Å². The van der Waals surface area contributed by atoms with Crippen molar-refractivity contribution >= 4 is 21.7 Å². The third-order valence-electron chi connectivity index (χ3n) is 2.76. The summed E-state index contributed by atoms with van der Waals surface area (Å²) in [5.74, 6) is 0.109. The first-order valence-corrected chi connectivity index (χ1v) is 7.72. The molecule has 0 unspecified atom stereocenters. The smallest absolute Gasteiger partial charge is 0.300 e. The van der Waals surface area contributed by atoms with Gasteiger partial charge < -0.3 is 0 Å². The van der Waals surface area contributed by atoms with E-state index in [1.54, 1.807) is 0 Å². The summed E-state index contributed by atoms with van der Waals surface area (Å²) in [4.78, 5) is 11.4. The predicted molar refractivity (Wildman–Crippen MR) is 71.0 cm³/mol. The summed E-state index contributed by atoms with van der Waals surface area (Å²) in [6, 6.07) is 0. The fraction of sp³-hybridized carbons (Fsp3) is 0.923. The van der Waals surface area contributed by atoms with E-state index in [2.05, 4.69) is 15.9 Å². The van der Waals surface area contributed by atoms with Gasteiger partial charge in [0.2, 0.25) is 0 Å². The lowest BCUT2D eigenvalue weighted by Crippen LogP contribution is -2.07. The molecule has 0 aromatic heterocycles. The van der Waals surface area contributed by atoms with Gasteiger partial charge in [-0.1, -0.05) is 35.2 Å². The third-order valence-corrected chi connectivity index (χ3v) is 3.32. The zero-order chi connectivity index (χ0) is 13.9. The van der Waals surface area contributed by atoms with Crippen LogP contribution in [-0.4, -0.2) is 17.3 Å². The van der Waals surface area contributed by atoms with Crippen LogP contribution in [0.5, 0.6) is 0 Å². The molecule has 0 atom stereocenters. The maximum Gasteiger partial charge on any atom is 0.389 e. The van der Waals surface area contributed by atoms with E-state index in [-0.39, 0.29) is 12.2 Å². The fourth-order valence-corrected chi connectivity index (χ4v) is 2.12. The SMILES string of the molecule is O=C(CCCCCCCBr)CCCCC(F)(F)F. The van der Waals surface area contributed by atoms with Crippen LogP contribution in [0, 0.1) is 0 Å². The van der Waals surface area contributed by atoms with E-state index in [4.69, 9.17) is 0 Å². The molecular formula is C13H22BrF3O. The highest BCUT2D eigenvalue weighted by Crippen LogP contribution is 2.22. The molecule has 0 aliphatic rings. The van der Waals surface area contributed by atoms with Crippen LogP contribution in [0.4, 0.5) is 13.2 Å². The number of unbranched alkanes of at least 4 members (excludes halogenated alkanes) is 5. The highest BCUT2D eigenvalue weighted by molar-refractivity contribution is 9.09. The van der Waals surface area contributed by atoms with Crippen LogP contribution in [0.15, 0.2) is 0 Å². The first kappa shape index (κ1) is 17.9. The number of halogens is 4. The van der Waals surface area contributed by atoms with E-state index >= 15 is 0 Å². The Hall–Kier alpha value is -0.0600. The van der Waals surface area contributed by atoms with E-state index in [9.17, 15) is 18.0 Å². The number of Topliss-reactive ketones (excluding diaryl/α,β-unsaturated/α-hetero) is 1. The van der Waals surface area contributed by atoms with Crippen molar-refractivity contribution in [3.05, 3.63) is 0 Å². The maximum absolute atomic E-state index is 11.8. The number of carbonyl (C=O) groups excluding carboxylic acids is 1. The van der Waals surface area contributed by atoms with Crippen molar-refractivity contribution in [2.45, 2.75) is 70.4 Å². The van der Waals surface area contributed by atoms with Crippen molar-refractivity contribution in [3.8, 4) is 0 Å². The van der Waals surface area contributed by atoms with Gasteiger partial charge in [-0.15, -0.1) is 0 Å². The summed E-state index contributed by atoms with van der Waals surface area (Å²) in [7, 11) is 0. The molecule has 0 saturated carbocycles. The van der Waals surface area contributed by atoms with Crippen LogP contribution in [0.1, 0.15) is 64.2 Å². The Balaban J connectivity index is 3.28. The summed E-state index contributed by atoms with van der Waals surface area (Å²) in [5.41, 5.74) is 0. The molecule has 5 heteroatoms. The second-order valence-electron chi connectivity index (χ2n) is 4.57. The molecule has 108 valence electrons. The molecule has 18 heavy (non-hydrogen) atoms. The quantitative estimate of drug-likeness (QED) is 0.365. The molecule has 0 saturated heterocycles. The molecule has 0 aliphatic carbocycles. The summed E-state index contributed by atoms with van der Waals surface area (Å²) in [6.07, 6.45) is 1.79. The number of alkyl halides is 4. The molecule has 0 N–H and O–H groups in total. The van der Waals surface area contributed by atoms with E-state index in [1.807, 2.05) is 0 Å². The highest BCUT2D eigenvalue weighted by atomic mass is 79.9. The zero-order valence-corrected chi connectivity index (χ0v) is 12.3. The average molecular weight is 331 g/mol. The Kier molecular flexibility index (Phi) is 10.8. The van der Waals surface area contributed by atoms with Gasteiger partial charge in [-0.25, -0.2) is 0 Å². The lowest BCUT2D eigenvalue weighted by molar-refractivity contribution is -0.136. The normalized spacial score (nSPS) is 11.8. The van der Waals surface area contributed by atoms with E-state index < -0.39 is 12.6 Å². The lowest BCUT2D eigenvalue weighted by atomic mass is 10.0.